The lowest BCUT2D eigenvalue weighted by atomic mass is 9.68. The van der Waals surface area contributed by atoms with Gasteiger partial charge in [0.25, 0.3) is 0 Å². The number of Topliss-reactive ketones (excluding diaryl/α,β-unsaturated/α-hetero) is 1. The van der Waals surface area contributed by atoms with Gasteiger partial charge in [0.15, 0.2) is 5.79 Å². The highest BCUT2D eigenvalue weighted by molar-refractivity contribution is 7.79. The second-order valence-corrected chi connectivity index (χ2v) is 24.4. The number of rotatable bonds is 8. The van der Waals surface area contributed by atoms with Crippen molar-refractivity contribution in [3.8, 4) is 23.0 Å². The van der Waals surface area contributed by atoms with E-state index in [1.165, 1.54) is 46.2 Å². The van der Waals surface area contributed by atoms with Crippen LogP contribution in [0.1, 0.15) is 158 Å². The van der Waals surface area contributed by atoms with E-state index >= 15 is 0 Å². The average Bonchev–Trinajstić information content (AvgIpc) is 3.96. The fraction of sp³-hybridized carbons (Fsp3) is 0.439. The first-order chi connectivity index (χ1) is 38.6. The van der Waals surface area contributed by atoms with Gasteiger partial charge in [-0.25, -0.2) is 8.78 Å². The predicted molar refractivity (Wildman–Crippen MR) is 300 cm³/mol. The van der Waals surface area contributed by atoms with Crippen molar-refractivity contribution in [2.24, 2.45) is 23.7 Å². The summed E-state index contributed by atoms with van der Waals surface area (Å²) in [6, 6.07) is 42.4. The molecule has 13 rings (SSSR count). The van der Waals surface area contributed by atoms with E-state index in [4.69, 9.17) is 36.5 Å². The van der Waals surface area contributed by atoms with Crippen LogP contribution >= 0.6 is 0 Å². The minimum Gasteiger partial charge on any atom is -0.508 e. The fourth-order valence-electron chi connectivity index (χ4n) is 14.9. The third-order valence-electron chi connectivity index (χ3n) is 18.6. The Bertz CT molecular complexity index is 3190. The third-order valence-corrected chi connectivity index (χ3v) is 18.6. The summed E-state index contributed by atoms with van der Waals surface area (Å²) in [5.74, 6) is 5.32. The molecular weight excluding hydrogens is 1040 g/mol. The monoisotopic (exact) mass is 1110 g/mol. The van der Waals surface area contributed by atoms with Crippen LogP contribution in [0.3, 0.4) is 0 Å². The van der Waals surface area contributed by atoms with E-state index in [-0.39, 0.29) is 53.3 Å². The van der Waals surface area contributed by atoms with Crippen molar-refractivity contribution >= 4 is 16.2 Å². The molecule has 6 aliphatic carbocycles. The largest absolute Gasteiger partial charge is 0.508 e. The molecule has 0 bridgehead atoms. The van der Waals surface area contributed by atoms with E-state index in [0.29, 0.717) is 35.0 Å². The number of ether oxygens (including phenoxy) is 4. The lowest BCUT2D eigenvalue weighted by Gasteiger charge is -2.45. The van der Waals surface area contributed by atoms with E-state index in [9.17, 15) is 23.8 Å². The summed E-state index contributed by atoms with van der Waals surface area (Å²) in [6.45, 7) is 1.44. The highest BCUT2D eigenvalue weighted by Crippen LogP contribution is 2.51. The normalized spacial score (nSPS) is 27.6. The fourth-order valence-corrected chi connectivity index (χ4v) is 14.9. The van der Waals surface area contributed by atoms with Gasteiger partial charge in [-0.1, -0.05) is 60.7 Å². The van der Waals surface area contributed by atoms with Crippen LogP contribution in [-0.2, 0) is 37.5 Å². The Morgan fingerprint density at radius 3 is 1.41 bits per heavy atom. The van der Waals surface area contributed by atoms with Crippen LogP contribution < -0.4 is 9.47 Å². The van der Waals surface area contributed by atoms with Gasteiger partial charge in [-0.05, 0) is 230 Å². The van der Waals surface area contributed by atoms with Gasteiger partial charge in [-0.3, -0.25) is 13.9 Å². The van der Waals surface area contributed by atoms with Gasteiger partial charge in [0, 0.05) is 37.5 Å². The van der Waals surface area contributed by atoms with Gasteiger partial charge < -0.3 is 29.2 Å². The quantitative estimate of drug-likeness (QED) is 0.107. The summed E-state index contributed by atoms with van der Waals surface area (Å²) in [6.07, 6.45) is 16.4. The Hall–Kier alpha value is -6.16. The molecule has 6 aromatic rings. The lowest BCUT2D eigenvalue weighted by Crippen LogP contribution is -2.44. The molecule has 4 N–H and O–H groups in total. The SMILES string of the molecule is O=C1CCC2CCC(Oc3ccc([C@@H]4c5ccc(O)cc5CC[C@@H]4c4ccc(F)cc4)cc3)CC2C1.O=S(=O)(O)O.Oc1ccc2c(c1)CC[C@H](c1ccc(F)cc1)[C@@H]2c1ccc(OC2CCC3CCC4(CC3C2)OCCO4)cc1. The van der Waals surface area contributed by atoms with Crippen LogP contribution in [0.25, 0.3) is 0 Å². The zero-order valence-corrected chi connectivity index (χ0v) is 45.8. The molecular formula is C66H72F2O11S. The highest BCUT2D eigenvalue weighted by atomic mass is 32.3. The molecule has 11 nitrogen and oxygen atoms in total. The summed E-state index contributed by atoms with van der Waals surface area (Å²) in [5.41, 5.74) is 9.54. The number of phenols is 2. The first kappa shape index (κ1) is 55.7. The Kier molecular flexibility index (Phi) is 16.8. The second kappa shape index (κ2) is 24.1. The van der Waals surface area contributed by atoms with Gasteiger partial charge >= 0.3 is 10.4 Å². The molecule has 0 aromatic heterocycles. The van der Waals surface area contributed by atoms with Crippen LogP contribution in [0.2, 0.25) is 0 Å². The number of carbonyl (C=O) groups is 1. The smallest absolute Gasteiger partial charge is 0.394 e. The zero-order valence-electron chi connectivity index (χ0n) is 45.0. The number of benzene rings is 6. The van der Waals surface area contributed by atoms with Gasteiger partial charge in [0.1, 0.15) is 40.4 Å². The van der Waals surface area contributed by atoms with Crippen molar-refractivity contribution in [1.82, 2.24) is 0 Å². The third kappa shape index (κ3) is 13.3. The number of halogens is 2. The molecule has 1 heterocycles. The predicted octanol–water partition coefficient (Wildman–Crippen LogP) is 14.1. The van der Waals surface area contributed by atoms with Crippen LogP contribution in [0, 0.1) is 35.3 Å². The highest BCUT2D eigenvalue weighted by Gasteiger charge is 2.47. The van der Waals surface area contributed by atoms with Crippen molar-refractivity contribution in [2.45, 2.75) is 144 Å². The number of carbonyl (C=O) groups excluding carboxylic acids is 1. The van der Waals surface area contributed by atoms with Crippen molar-refractivity contribution in [3.05, 3.63) is 190 Å². The maximum atomic E-state index is 13.7. The van der Waals surface area contributed by atoms with Crippen molar-refractivity contribution < 1.29 is 60.3 Å². The number of aromatic hydroxyl groups is 2. The van der Waals surface area contributed by atoms with Crippen LogP contribution in [0.15, 0.2) is 133 Å². The molecule has 14 heteroatoms. The molecule has 0 amide bonds. The average molecular weight is 1110 g/mol. The molecule has 7 aliphatic rings. The first-order valence-electron chi connectivity index (χ1n) is 28.8. The van der Waals surface area contributed by atoms with Crippen LogP contribution in [0.5, 0.6) is 23.0 Å². The number of fused-ring (bicyclic) bond motifs is 4. The number of hydrogen-bond donors (Lipinski definition) is 4. The summed E-state index contributed by atoms with van der Waals surface area (Å²) in [7, 11) is -4.67. The lowest BCUT2D eigenvalue weighted by molar-refractivity contribution is -0.200. The number of ketones is 1. The maximum absolute atomic E-state index is 13.7. The van der Waals surface area contributed by atoms with Crippen molar-refractivity contribution in [1.29, 1.82) is 0 Å². The summed E-state index contributed by atoms with van der Waals surface area (Å²) >= 11 is 0. The van der Waals surface area contributed by atoms with Crippen molar-refractivity contribution in [3.63, 3.8) is 0 Å². The Labute approximate surface area is 468 Å². The standard InChI is InChI=1S/C34H37FO4.C32H33FO3.H2O4S/c35-27-7-1-23(2-8-27)31-13-6-25-19-28(36)9-14-32(25)33(31)24-4-10-29(11-5-24)39-30-12-3-22-15-16-34(21-26(22)20-30)37-17-18-38-34;33-25-8-1-21(2-9-25)30-15-7-23-17-27(35)11-16-31(23)32(30)22-5-12-28(13-6-22)36-29-14-4-20-3-10-26(34)18-24(20)19-29;1-5(2,3)4/h1-2,4-5,7-11,14,19,22,26,30-31,33,36H,3,6,12-13,15-18,20-21H2;1-2,5-6,8-9,11-13,16-17,20,24,29-30,32,35H,3-4,7,10,14-15,18-19H2;(H2,1,2,3,4)/t22?,26?,30?,31-,33+;20?,24?,29?,30-,32+;/m11./s1. The second-order valence-electron chi connectivity index (χ2n) is 23.5. The number of hydrogen-bond acceptors (Lipinski definition) is 9. The molecule has 10 atom stereocenters. The summed E-state index contributed by atoms with van der Waals surface area (Å²) in [4.78, 5) is 11.9. The van der Waals surface area contributed by atoms with E-state index in [1.807, 2.05) is 42.5 Å². The van der Waals surface area contributed by atoms with E-state index in [0.717, 1.165) is 132 Å². The van der Waals surface area contributed by atoms with E-state index in [2.05, 4.69) is 54.6 Å². The number of aryl methyl sites for hydroxylation is 2. The molecule has 1 spiro atoms. The number of phenolic OH excluding ortho intramolecular Hbond substituents is 2. The van der Waals surface area contributed by atoms with Gasteiger partial charge in [-0.2, -0.15) is 8.42 Å². The topological polar surface area (TPSA) is 169 Å². The molecule has 1 saturated heterocycles. The van der Waals surface area contributed by atoms with Gasteiger partial charge in [0.05, 0.1) is 25.4 Å². The van der Waals surface area contributed by atoms with E-state index in [1.54, 1.807) is 36.4 Å². The molecule has 6 aromatic carbocycles. The minimum atomic E-state index is -4.67. The van der Waals surface area contributed by atoms with Crippen LogP contribution in [-0.4, -0.2) is 64.7 Å². The molecule has 1 aliphatic heterocycles. The maximum Gasteiger partial charge on any atom is 0.394 e. The minimum absolute atomic E-state index is 0.123. The molecule has 80 heavy (non-hydrogen) atoms. The Morgan fingerprint density at radius 1 is 0.500 bits per heavy atom. The summed E-state index contributed by atoms with van der Waals surface area (Å²) < 4.78 is 84.0. The van der Waals surface area contributed by atoms with Crippen molar-refractivity contribution in [2.75, 3.05) is 13.2 Å². The Balaban J connectivity index is 0.000000156. The van der Waals surface area contributed by atoms with Crippen LogP contribution in [0.4, 0.5) is 8.78 Å². The first-order valence-corrected chi connectivity index (χ1v) is 30.2. The molecule has 0 radical (unpaired) electrons. The van der Waals surface area contributed by atoms with E-state index < -0.39 is 10.4 Å². The Morgan fingerprint density at radius 2 is 0.938 bits per heavy atom. The van der Waals surface area contributed by atoms with Gasteiger partial charge in [0.2, 0.25) is 0 Å². The molecule has 5 fully saturated rings. The molecule has 4 saturated carbocycles. The zero-order chi connectivity index (χ0) is 55.5. The molecule has 422 valence electrons. The van der Waals surface area contributed by atoms with Gasteiger partial charge in [-0.15, -0.1) is 0 Å². The molecule has 6 unspecified atom stereocenters. The summed E-state index contributed by atoms with van der Waals surface area (Å²) in [5, 5.41) is 20.2.